The maximum Gasteiger partial charge on any atom is 0.494 e. The van der Waals surface area contributed by atoms with Crippen molar-refractivity contribution in [2.24, 2.45) is 5.73 Å². The first-order chi connectivity index (χ1) is 67.8. The summed E-state index contributed by atoms with van der Waals surface area (Å²) in [5.74, 6) is 2.78. The molecule has 0 spiro atoms. The summed E-state index contributed by atoms with van der Waals surface area (Å²) in [5.41, 5.74) is 40.5. The highest BCUT2D eigenvalue weighted by molar-refractivity contribution is 9.10. The molecule has 4 fully saturated rings. The van der Waals surface area contributed by atoms with Crippen LogP contribution in [-0.2, 0) is 59.6 Å². The van der Waals surface area contributed by atoms with Crippen LogP contribution in [0.5, 0.6) is 0 Å². The van der Waals surface area contributed by atoms with Gasteiger partial charge in [-0.2, -0.15) is 8.78 Å². The molecule has 3 saturated carbocycles. The van der Waals surface area contributed by atoms with Crippen molar-refractivity contribution in [2.45, 2.75) is 249 Å². The summed E-state index contributed by atoms with van der Waals surface area (Å²) in [6, 6.07) is 37.7. The van der Waals surface area contributed by atoms with Gasteiger partial charge in [-0.1, -0.05) is 69.1 Å². The zero-order chi connectivity index (χ0) is 104. The van der Waals surface area contributed by atoms with Crippen LogP contribution in [0.15, 0.2) is 173 Å². The van der Waals surface area contributed by atoms with E-state index in [1.807, 2.05) is 136 Å². The summed E-state index contributed by atoms with van der Waals surface area (Å²) < 4.78 is 86.9. The van der Waals surface area contributed by atoms with Gasteiger partial charge in [0.2, 0.25) is 11.9 Å². The summed E-state index contributed by atoms with van der Waals surface area (Å²) >= 11 is 14.9. The Labute approximate surface area is 861 Å². The molecule has 0 radical (unpaired) electrons. The molecule has 0 unspecified atom stereocenters. The number of anilines is 5. The first-order valence-corrected chi connectivity index (χ1v) is 53.6. The van der Waals surface area contributed by atoms with Crippen molar-refractivity contribution < 1.29 is 34.9 Å². The monoisotopic (exact) mass is 2110 g/mol. The Morgan fingerprint density at radius 3 is 1.15 bits per heavy atom. The minimum absolute atomic E-state index is 0.0115. The van der Waals surface area contributed by atoms with Crippen LogP contribution in [0.4, 0.5) is 38.1 Å². The molecule has 14 aromatic rings. The highest BCUT2D eigenvalue weighted by Gasteiger charge is 2.52. The van der Waals surface area contributed by atoms with Crippen molar-refractivity contribution in [1.29, 1.82) is 0 Å². The van der Waals surface area contributed by atoms with Gasteiger partial charge in [0.25, 0.3) is 9.05 Å². The molecule has 758 valence electrons. The van der Waals surface area contributed by atoms with Crippen molar-refractivity contribution in [1.82, 2.24) is 84.5 Å². The number of nitrogens with one attached hydrogen (secondary N) is 2. The molecular formula is C105H130BBrCl3F2N23O6S2. The fourth-order valence-corrected chi connectivity index (χ4v) is 21.2. The van der Waals surface area contributed by atoms with E-state index in [1.165, 1.54) is 100 Å². The van der Waals surface area contributed by atoms with E-state index in [1.54, 1.807) is 18.2 Å². The summed E-state index contributed by atoms with van der Waals surface area (Å²) in [4.78, 5) is 65.8. The van der Waals surface area contributed by atoms with Crippen LogP contribution in [0.1, 0.15) is 183 Å². The Morgan fingerprint density at radius 1 is 0.441 bits per heavy atom. The number of rotatable bonds is 19. The molecule has 1 saturated heterocycles. The van der Waals surface area contributed by atoms with Crippen molar-refractivity contribution in [3.05, 3.63) is 236 Å². The smallest absolute Gasteiger partial charge is 0.399 e. The standard InChI is InChI=1S/C30H35ClN6O2S.C24H32N6.C16H20BFN2O2.C16H15FN4.C8H18N2.C6H7BrN2.C5H3Cl2NO2S/c1-5-20-14-21(15-22-16-33-30(36-29(20)22)35-23-6-9-25(10-7-23)37(3)4)26-11-8-24(34-19(26)2)18-40(38,39)28-17-32-13-12-27(28)31;1-5-16-12-17(21-10-11-22(25)27-15(21)2)13-18-14-26-24(29-23(16)18)28-19-6-8-20(9-7-19)30(3)4;1-6-10-7-12(8-11-9-19-14(18)20-13(10)11)17-21-15(2,3)16(4,5)22-17;1-3-10-6-11(13-4-5-14(18)20-9(13)2)7-12-8-19-16(17)21-15(10)12;1-10(2)8-5-3-7(9)4-6-8;1-4-5(7)2-3-6(8)9-4;6-4-1-2-8-3-5(4)11(7,9)10/h8,11-17,23,25H,5-7,9-10,18H2,1-4H3,(H,33,35,36);10-14,19-20H,5-9H2,1-4H3,(H2,25,27)(H,26,28,29);7-9H,6H2,1-5H3;4-8H,3H2,1-2H3,(H2,18,20);7-8H,3-6,9H2,1-2H3;2-3H,1H3,(H2,8,9);1-3H. The van der Waals surface area contributed by atoms with E-state index >= 15 is 0 Å². The lowest BCUT2D eigenvalue weighted by atomic mass is 9.77. The van der Waals surface area contributed by atoms with Gasteiger partial charge in [0, 0.05) is 156 Å². The average Bonchev–Trinajstić information content (AvgIpc) is 1.55. The zero-order valence-corrected chi connectivity index (χ0v) is 90.0. The summed E-state index contributed by atoms with van der Waals surface area (Å²) in [6.45, 7) is 24.1. The van der Waals surface area contributed by atoms with E-state index in [4.69, 9.17) is 76.1 Å². The molecule has 143 heavy (non-hydrogen) atoms. The SMILES string of the molecule is CCc1cc(-c2ccc(CS(=O)(=O)c3cnccc3Cl)nc2C)cc2cnc(NC3CCC(N(C)C)CC3)nc12.CCc1cc(-c2ccc(N)nc2C)cc2cnc(F)nc12.CCc1cc(-c2ccc(N)nc2C)cc2cnc(NC3CCC(N(C)C)CC3)nc12.CCc1cc(B2OC(C)(C)C(C)(C)O2)cc2cnc(F)nc12.CN(C)C1CCC(N)CC1.Cc1nc(N)ccc1Br.O=S(=O)(Cl)c1cnccc1Cl. The van der Waals surface area contributed by atoms with E-state index in [0.29, 0.717) is 70.3 Å². The van der Waals surface area contributed by atoms with Crippen LogP contribution in [0, 0.1) is 39.9 Å². The molecule has 3 aliphatic carbocycles. The third-order valence-electron chi connectivity index (χ3n) is 26.8. The second-order valence-electron chi connectivity index (χ2n) is 38.1. The topological polar surface area (TPSA) is 405 Å². The van der Waals surface area contributed by atoms with E-state index in [2.05, 4.69) is 181 Å². The predicted molar refractivity (Wildman–Crippen MR) is 578 cm³/mol. The Kier molecular flexibility index (Phi) is 38.2. The maximum absolute atomic E-state index is 13.3. The van der Waals surface area contributed by atoms with Gasteiger partial charge in [0.05, 0.1) is 60.5 Å². The van der Waals surface area contributed by atoms with Crippen LogP contribution in [0.2, 0.25) is 10.0 Å². The van der Waals surface area contributed by atoms with Gasteiger partial charge in [0.1, 0.15) is 27.2 Å². The van der Waals surface area contributed by atoms with Gasteiger partial charge in [-0.25, -0.2) is 71.7 Å². The molecule has 4 aliphatic rings. The van der Waals surface area contributed by atoms with Gasteiger partial charge in [-0.3, -0.25) is 15.0 Å². The predicted octanol–water partition coefficient (Wildman–Crippen LogP) is 20.4. The second kappa shape index (κ2) is 49.3. The van der Waals surface area contributed by atoms with Crippen molar-refractivity contribution in [3.8, 4) is 33.4 Å². The number of hydrogen-bond donors (Lipinski definition) is 6. The van der Waals surface area contributed by atoms with E-state index in [0.717, 1.165) is 185 Å². The Balaban J connectivity index is 0.000000158. The summed E-state index contributed by atoms with van der Waals surface area (Å²) in [5, 5.41) is 11.0. The summed E-state index contributed by atoms with van der Waals surface area (Å²) in [7, 11) is 10.1. The molecule has 11 heterocycles. The maximum atomic E-state index is 13.3. The average molecular weight is 2110 g/mol. The lowest BCUT2D eigenvalue weighted by Gasteiger charge is -2.33. The molecule has 0 amide bonds. The largest absolute Gasteiger partial charge is 0.494 e. The molecule has 0 atom stereocenters. The highest BCUT2D eigenvalue weighted by atomic mass is 79.9. The van der Waals surface area contributed by atoms with Crippen LogP contribution < -0.4 is 39.0 Å². The van der Waals surface area contributed by atoms with Gasteiger partial charge >= 0.3 is 19.3 Å². The molecule has 18 rings (SSSR count). The Morgan fingerprint density at radius 2 is 0.790 bits per heavy atom. The normalized spacial score (nSPS) is 17.6. The fraction of sp³-hybridized carbons (Fsp3) is 0.410. The fourth-order valence-electron chi connectivity index (χ4n) is 17.9. The van der Waals surface area contributed by atoms with Crippen LogP contribution >= 0.6 is 49.8 Å². The van der Waals surface area contributed by atoms with Gasteiger partial charge in [-0.15, -0.1) is 0 Å². The number of fused-ring (bicyclic) bond motifs is 4. The molecule has 29 nitrogen and oxygen atoms in total. The van der Waals surface area contributed by atoms with Crippen LogP contribution in [0.3, 0.4) is 0 Å². The number of aryl methyl sites for hydroxylation is 8. The molecule has 10 aromatic heterocycles. The third kappa shape index (κ3) is 29.3. The highest BCUT2D eigenvalue weighted by Crippen LogP contribution is 2.40. The minimum Gasteiger partial charge on any atom is -0.399 e. The number of hydrogen-bond acceptors (Lipinski definition) is 29. The first-order valence-electron chi connectivity index (χ1n) is 48.1. The van der Waals surface area contributed by atoms with Crippen molar-refractivity contribution >= 4 is 154 Å². The lowest BCUT2D eigenvalue weighted by molar-refractivity contribution is 0.00578. The van der Waals surface area contributed by atoms with E-state index in [9.17, 15) is 25.6 Å². The minimum atomic E-state index is -3.76. The van der Waals surface area contributed by atoms with Crippen LogP contribution in [-0.4, -0.2) is 198 Å². The van der Waals surface area contributed by atoms with E-state index in [-0.39, 0.29) is 25.6 Å². The zero-order valence-electron chi connectivity index (χ0n) is 84.5. The van der Waals surface area contributed by atoms with E-state index < -0.39 is 49.4 Å². The molecule has 0 bridgehead atoms. The van der Waals surface area contributed by atoms with Gasteiger partial charge in [0.15, 0.2) is 9.84 Å². The second-order valence-corrected chi connectivity index (χ2v) is 44.2. The quantitative estimate of drug-likeness (QED) is 0.0249. The number of nitrogens with zero attached hydrogens (tertiary/aromatic N) is 17. The number of benzene rings is 4. The number of pyridine rings is 6. The lowest BCUT2D eigenvalue weighted by Crippen LogP contribution is -2.41. The molecule has 10 N–H and O–H groups in total. The number of halogens is 6. The number of aromatic nitrogens is 14. The first kappa shape index (κ1) is 111. The molecule has 1 aliphatic heterocycles. The van der Waals surface area contributed by atoms with Crippen molar-refractivity contribution in [2.75, 3.05) is 70.1 Å². The number of nitrogen functional groups attached to an aromatic ring is 3. The third-order valence-corrected chi connectivity index (χ3v) is 31.5. The van der Waals surface area contributed by atoms with Crippen LogP contribution in [0.25, 0.3) is 77.0 Å². The van der Waals surface area contributed by atoms with Crippen molar-refractivity contribution in [3.63, 3.8) is 0 Å². The number of sulfone groups is 1. The van der Waals surface area contributed by atoms with Gasteiger partial charge in [-0.05, 0) is 352 Å². The summed E-state index contributed by atoms with van der Waals surface area (Å²) in [6.07, 6.45) is 28.3. The molecular weight excluding hydrogens is 1980 g/mol. The Hall–Kier alpha value is -10.9. The van der Waals surface area contributed by atoms with Gasteiger partial charge < -0.3 is 57.6 Å². The molecule has 38 heteroatoms. The molecule has 4 aromatic carbocycles. The number of nitrogens with two attached hydrogens (primary N) is 4. The Bertz CT molecular complexity index is 7030.